The Morgan fingerprint density at radius 1 is 1.33 bits per heavy atom. The van der Waals surface area contributed by atoms with Gasteiger partial charge in [0.05, 0.1) is 13.7 Å². The summed E-state index contributed by atoms with van der Waals surface area (Å²) in [6, 6.07) is 10.5. The number of nitrogen functional groups attached to an aromatic ring is 1. The fourth-order valence-electron chi connectivity index (χ4n) is 1.76. The van der Waals surface area contributed by atoms with E-state index >= 15 is 0 Å². The van der Waals surface area contributed by atoms with Crippen molar-refractivity contribution in [3.8, 4) is 11.6 Å². The van der Waals surface area contributed by atoms with Crippen molar-refractivity contribution in [3.05, 3.63) is 48.2 Å². The number of ether oxygens (including phenoxy) is 2. The summed E-state index contributed by atoms with van der Waals surface area (Å²) in [5.74, 6) is 0.714. The minimum absolute atomic E-state index is 0.254. The lowest BCUT2D eigenvalue weighted by molar-refractivity contribution is 0.0943. The van der Waals surface area contributed by atoms with Gasteiger partial charge in [0.25, 0.3) is 5.91 Å². The molecule has 21 heavy (non-hydrogen) atoms. The largest absolute Gasteiger partial charge is 0.492 e. The molecule has 2 rings (SSSR count). The lowest BCUT2D eigenvalue weighted by Gasteiger charge is -2.09. The highest BCUT2D eigenvalue weighted by Crippen LogP contribution is 2.14. The van der Waals surface area contributed by atoms with Crippen molar-refractivity contribution >= 4 is 11.6 Å². The number of hydrogen-bond donors (Lipinski definition) is 2. The molecular formula is C15H17N3O3. The molecule has 0 atom stereocenters. The molecule has 1 aromatic carbocycles. The van der Waals surface area contributed by atoms with E-state index < -0.39 is 0 Å². The number of amides is 1. The summed E-state index contributed by atoms with van der Waals surface area (Å²) >= 11 is 0. The second kappa shape index (κ2) is 7.14. The highest BCUT2D eigenvalue weighted by atomic mass is 16.5. The topological polar surface area (TPSA) is 86.5 Å². The number of aromatic nitrogens is 1. The first-order valence-electron chi connectivity index (χ1n) is 6.46. The first-order chi connectivity index (χ1) is 10.2. The van der Waals surface area contributed by atoms with Gasteiger partial charge in [0.2, 0.25) is 5.88 Å². The van der Waals surface area contributed by atoms with Crippen LogP contribution in [0.4, 0.5) is 5.69 Å². The number of nitrogens with two attached hydrogens (primary N) is 1. The zero-order valence-electron chi connectivity index (χ0n) is 11.7. The Morgan fingerprint density at radius 2 is 2.19 bits per heavy atom. The molecule has 1 amide bonds. The molecule has 0 bridgehead atoms. The third kappa shape index (κ3) is 4.10. The van der Waals surface area contributed by atoms with Crippen molar-refractivity contribution in [3.63, 3.8) is 0 Å². The number of methoxy groups -OCH3 is 1. The van der Waals surface area contributed by atoms with Gasteiger partial charge in [-0.25, -0.2) is 4.98 Å². The van der Waals surface area contributed by atoms with Crippen LogP contribution in [-0.4, -0.2) is 31.2 Å². The van der Waals surface area contributed by atoms with Crippen LogP contribution in [0, 0.1) is 0 Å². The Hall–Kier alpha value is -2.76. The van der Waals surface area contributed by atoms with Crippen LogP contribution in [0.15, 0.2) is 42.6 Å². The average molecular weight is 287 g/mol. The highest BCUT2D eigenvalue weighted by Gasteiger charge is 2.11. The number of carbonyl (C=O) groups excluding carboxylic acids is 1. The number of rotatable bonds is 6. The third-order valence-corrected chi connectivity index (χ3v) is 2.72. The minimum atomic E-state index is -0.254. The van der Waals surface area contributed by atoms with E-state index in [2.05, 4.69) is 10.3 Å². The molecule has 0 fully saturated rings. The molecular weight excluding hydrogens is 270 g/mol. The van der Waals surface area contributed by atoms with Crippen LogP contribution in [-0.2, 0) is 0 Å². The van der Waals surface area contributed by atoms with Crippen LogP contribution < -0.4 is 20.5 Å². The fraction of sp³-hybridized carbons (Fsp3) is 0.200. The van der Waals surface area contributed by atoms with E-state index in [4.69, 9.17) is 15.2 Å². The van der Waals surface area contributed by atoms with Gasteiger partial charge in [-0.2, -0.15) is 0 Å². The molecule has 0 spiro atoms. The molecule has 6 heteroatoms. The molecule has 2 aromatic rings. The second-order valence-electron chi connectivity index (χ2n) is 4.24. The third-order valence-electron chi connectivity index (χ3n) is 2.72. The zero-order chi connectivity index (χ0) is 15.1. The summed E-state index contributed by atoms with van der Waals surface area (Å²) in [5.41, 5.74) is 6.68. The van der Waals surface area contributed by atoms with Gasteiger partial charge in [-0.3, -0.25) is 4.79 Å². The summed E-state index contributed by atoms with van der Waals surface area (Å²) in [6.07, 6.45) is 1.57. The van der Waals surface area contributed by atoms with E-state index in [0.29, 0.717) is 36.0 Å². The Kier molecular flexibility index (Phi) is 4.98. The maximum Gasteiger partial charge on any atom is 0.256 e. The Labute approximate surface area is 122 Å². The van der Waals surface area contributed by atoms with E-state index in [0.717, 1.165) is 0 Å². The maximum absolute atomic E-state index is 12.0. The van der Waals surface area contributed by atoms with Crippen molar-refractivity contribution in [1.29, 1.82) is 0 Å². The predicted octanol–water partition coefficient (Wildman–Crippen LogP) is 1.48. The summed E-state index contributed by atoms with van der Waals surface area (Å²) in [5, 5.41) is 2.74. The smallest absolute Gasteiger partial charge is 0.256 e. The Bertz CT molecular complexity index is 617. The molecule has 3 N–H and O–H groups in total. The number of nitrogens with one attached hydrogen (secondary N) is 1. The van der Waals surface area contributed by atoms with Crippen LogP contribution in [0.5, 0.6) is 11.6 Å². The molecule has 0 saturated carbocycles. The van der Waals surface area contributed by atoms with Gasteiger partial charge in [0.1, 0.15) is 17.9 Å². The van der Waals surface area contributed by atoms with Crippen LogP contribution in [0.2, 0.25) is 0 Å². The zero-order valence-corrected chi connectivity index (χ0v) is 11.7. The van der Waals surface area contributed by atoms with Gasteiger partial charge in [0.15, 0.2) is 0 Å². The molecule has 0 aliphatic carbocycles. The van der Waals surface area contributed by atoms with E-state index in [-0.39, 0.29) is 5.91 Å². The number of nitrogens with zero attached hydrogens (tertiary/aromatic N) is 1. The van der Waals surface area contributed by atoms with Gasteiger partial charge in [-0.05, 0) is 24.3 Å². The number of anilines is 1. The van der Waals surface area contributed by atoms with Gasteiger partial charge < -0.3 is 20.5 Å². The van der Waals surface area contributed by atoms with Gasteiger partial charge >= 0.3 is 0 Å². The molecule has 0 unspecified atom stereocenters. The molecule has 1 heterocycles. The average Bonchev–Trinajstić information content (AvgIpc) is 2.51. The van der Waals surface area contributed by atoms with E-state index in [9.17, 15) is 4.79 Å². The van der Waals surface area contributed by atoms with E-state index in [1.807, 2.05) is 12.1 Å². The maximum atomic E-state index is 12.0. The monoisotopic (exact) mass is 287 g/mol. The lowest BCUT2D eigenvalue weighted by atomic mass is 10.2. The second-order valence-corrected chi connectivity index (χ2v) is 4.24. The van der Waals surface area contributed by atoms with E-state index in [1.54, 1.807) is 30.5 Å². The van der Waals surface area contributed by atoms with Crippen molar-refractivity contribution in [2.45, 2.75) is 0 Å². The Balaban J connectivity index is 1.82. The van der Waals surface area contributed by atoms with Crippen LogP contribution in [0.1, 0.15) is 10.4 Å². The van der Waals surface area contributed by atoms with Crippen molar-refractivity contribution < 1.29 is 14.3 Å². The van der Waals surface area contributed by atoms with Crippen molar-refractivity contribution in [2.75, 3.05) is 26.0 Å². The molecule has 0 saturated heterocycles. The van der Waals surface area contributed by atoms with E-state index in [1.165, 1.54) is 7.11 Å². The predicted molar refractivity (Wildman–Crippen MR) is 79.5 cm³/mol. The molecule has 0 radical (unpaired) electrons. The van der Waals surface area contributed by atoms with Crippen LogP contribution in [0.25, 0.3) is 0 Å². The van der Waals surface area contributed by atoms with Crippen LogP contribution >= 0.6 is 0 Å². The first-order valence-corrected chi connectivity index (χ1v) is 6.46. The van der Waals surface area contributed by atoms with Crippen LogP contribution in [0.3, 0.4) is 0 Å². The quantitative estimate of drug-likeness (QED) is 0.621. The van der Waals surface area contributed by atoms with Gasteiger partial charge in [-0.1, -0.05) is 6.07 Å². The Morgan fingerprint density at radius 3 is 2.95 bits per heavy atom. The summed E-state index contributed by atoms with van der Waals surface area (Å²) in [7, 11) is 1.47. The molecule has 6 nitrogen and oxygen atoms in total. The molecule has 1 aromatic heterocycles. The van der Waals surface area contributed by atoms with Crippen molar-refractivity contribution in [2.24, 2.45) is 0 Å². The summed E-state index contributed by atoms with van der Waals surface area (Å²) in [4.78, 5) is 16.0. The number of hydrogen-bond acceptors (Lipinski definition) is 5. The normalized spacial score (nSPS) is 9.95. The lowest BCUT2D eigenvalue weighted by Crippen LogP contribution is -2.28. The first kappa shape index (κ1) is 14.6. The molecule has 0 aliphatic heterocycles. The standard InChI is InChI=1S/C15H17N3O3/c1-20-15-13(6-3-7-18-15)14(19)17-8-9-21-12-5-2-4-11(16)10-12/h2-7,10H,8-9,16H2,1H3,(H,17,19). The number of benzene rings is 1. The van der Waals surface area contributed by atoms with Gasteiger partial charge in [0, 0.05) is 18.0 Å². The minimum Gasteiger partial charge on any atom is -0.492 e. The fourth-order valence-corrected chi connectivity index (χ4v) is 1.76. The molecule has 0 aliphatic rings. The molecule has 110 valence electrons. The SMILES string of the molecule is COc1ncccc1C(=O)NCCOc1cccc(N)c1. The van der Waals surface area contributed by atoms with Crippen molar-refractivity contribution in [1.82, 2.24) is 10.3 Å². The van der Waals surface area contributed by atoms with Gasteiger partial charge in [-0.15, -0.1) is 0 Å². The number of carbonyl (C=O) groups is 1. The summed E-state index contributed by atoms with van der Waals surface area (Å²) < 4.78 is 10.5. The highest BCUT2D eigenvalue weighted by molar-refractivity contribution is 5.96. The summed E-state index contributed by atoms with van der Waals surface area (Å²) in [6.45, 7) is 0.712. The number of pyridine rings is 1.